The van der Waals surface area contributed by atoms with Gasteiger partial charge in [0.05, 0.1) is 13.2 Å². The van der Waals surface area contributed by atoms with E-state index in [1.54, 1.807) is 13.2 Å². The molecule has 32 heavy (non-hydrogen) atoms. The summed E-state index contributed by atoms with van der Waals surface area (Å²) in [5.41, 5.74) is 5.47. The quantitative estimate of drug-likeness (QED) is 0.449. The maximum Gasteiger partial charge on any atom is 0.336 e. The van der Waals surface area contributed by atoms with E-state index in [4.69, 9.17) is 9.15 Å². The number of para-hydroxylation sites is 1. The number of aromatic nitrogens is 1. The highest BCUT2D eigenvalue weighted by molar-refractivity contribution is 5.86. The molecule has 0 bridgehead atoms. The minimum Gasteiger partial charge on any atom is -0.496 e. The van der Waals surface area contributed by atoms with Gasteiger partial charge in [0.1, 0.15) is 11.3 Å². The van der Waals surface area contributed by atoms with E-state index >= 15 is 0 Å². The summed E-state index contributed by atoms with van der Waals surface area (Å²) in [7, 11) is 1.58. The van der Waals surface area contributed by atoms with Crippen LogP contribution in [0.2, 0.25) is 0 Å². The highest BCUT2D eigenvalue weighted by atomic mass is 16.5. The third-order valence-electron chi connectivity index (χ3n) is 6.42. The number of carbonyl (C=O) groups excluding carboxylic acids is 1. The Morgan fingerprint density at radius 2 is 2.06 bits per heavy atom. The summed E-state index contributed by atoms with van der Waals surface area (Å²) in [4.78, 5) is 28.1. The van der Waals surface area contributed by atoms with Crippen LogP contribution in [0, 0.1) is 6.92 Å². The normalized spacial score (nSPS) is 15.6. The molecule has 0 saturated carbocycles. The van der Waals surface area contributed by atoms with E-state index in [1.807, 2.05) is 19.1 Å². The smallest absolute Gasteiger partial charge is 0.336 e. The number of nitrogens with one attached hydrogen (secondary N) is 2. The largest absolute Gasteiger partial charge is 0.496 e. The minimum absolute atomic E-state index is 0.00803. The van der Waals surface area contributed by atoms with Crippen molar-refractivity contribution in [2.24, 2.45) is 0 Å². The van der Waals surface area contributed by atoms with Gasteiger partial charge in [-0.1, -0.05) is 18.2 Å². The second-order valence-electron chi connectivity index (χ2n) is 8.48. The number of hydrogen-bond acceptors (Lipinski definition) is 4. The van der Waals surface area contributed by atoms with Crippen LogP contribution >= 0.6 is 0 Å². The monoisotopic (exact) mass is 430 g/mol. The van der Waals surface area contributed by atoms with Crippen molar-refractivity contribution in [2.75, 3.05) is 7.11 Å². The Hall–Kier alpha value is -3.54. The highest BCUT2D eigenvalue weighted by Crippen LogP contribution is 2.35. The highest BCUT2D eigenvalue weighted by Gasteiger charge is 2.25. The summed E-state index contributed by atoms with van der Waals surface area (Å²) in [6.07, 6.45) is 3.92. The Balaban J connectivity index is 1.34. The van der Waals surface area contributed by atoms with Crippen LogP contribution < -0.4 is 15.7 Å². The third-order valence-corrected chi connectivity index (χ3v) is 6.42. The van der Waals surface area contributed by atoms with Gasteiger partial charge in [-0.15, -0.1) is 0 Å². The fraction of sp³-hybridized carbons (Fsp3) is 0.308. The van der Waals surface area contributed by atoms with Crippen LogP contribution in [0.3, 0.4) is 0 Å². The molecule has 2 aromatic carbocycles. The lowest BCUT2D eigenvalue weighted by Crippen LogP contribution is -2.31. The molecule has 5 rings (SSSR count). The van der Waals surface area contributed by atoms with Gasteiger partial charge in [-0.25, -0.2) is 4.79 Å². The summed E-state index contributed by atoms with van der Waals surface area (Å²) in [6.45, 7) is 1.88. The van der Waals surface area contributed by atoms with Gasteiger partial charge in [0.15, 0.2) is 0 Å². The molecule has 1 aliphatic rings. The van der Waals surface area contributed by atoms with E-state index in [1.165, 1.54) is 17.0 Å². The molecule has 0 saturated heterocycles. The number of amides is 1. The number of aryl methyl sites for hydroxylation is 3. The van der Waals surface area contributed by atoms with E-state index in [0.29, 0.717) is 24.2 Å². The summed E-state index contributed by atoms with van der Waals surface area (Å²) in [5.74, 6) is 0.634. The molecule has 1 amide bonds. The lowest BCUT2D eigenvalue weighted by Gasteiger charge is -2.24. The van der Waals surface area contributed by atoms with Crippen LogP contribution in [0.1, 0.15) is 47.7 Å². The average molecular weight is 431 g/mol. The van der Waals surface area contributed by atoms with E-state index in [-0.39, 0.29) is 17.6 Å². The first-order valence-corrected chi connectivity index (χ1v) is 11.0. The maximum absolute atomic E-state index is 12.9. The molecule has 4 aromatic rings. The molecule has 6 nitrogen and oxygen atoms in total. The van der Waals surface area contributed by atoms with Crippen molar-refractivity contribution >= 4 is 27.8 Å². The van der Waals surface area contributed by atoms with Crippen molar-refractivity contribution in [1.29, 1.82) is 0 Å². The van der Waals surface area contributed by atoms with Gasteiger partial charge < -0.3 is 19.5 Å². The van der Waals surface area contributed by atoms with Crippen molar-refractivity contribution in [3.05, 3.63) is 75.3 Å². The molecule has 0 fully saturated rings. The van der Waals surface area contributed by atoms with E-state index < -0.39 is 0 Å². The standard InChI is InChI=1S/C26H26N2O4/c1-15-12-25(30)32-23-14-22(31-2)16(13-19(15)23)10-11-24(29)27-21-9-5-7-18-17-6-3-4-8-20(17)28-26(18)21/h3-4,6,8,12-14,21,28H,5,7,9-11H2,1-2H3,(H,27,29). The summed E-state index contributed by atoms with van der Waals surface area (Å²) < 4.78 is 10.8. The van der Waals surface area contributed by atoms with E-state index in [0.717, 1.165) is 47.0 Å². The number of hydrogen-bond donors (Lipinski definition) is 2. The number of methoxy groups -OCH3 is 1. The van der Waals surface area contributed by atoms with Gasteiger partial charge in [-0.05, 0) is 61.4 Å². The molecule has 2 aromatic heterocycles. The minimum atomic E-state index is -0.381. The Kier molecular flexibility index (Phi) is 5.21. The van der Waals surface area contributed by atoms with Crippen LogP contribution in [-0.4, -0.2) is 18.0 Å². The van der Waals surface area contributed by atoms with Gasteiger partial charge >= 0.3 is 5.63 Å². The first-order chi connectivity index (χ1) is 15.5. The third kappa shape index (κ3) is 3.66. The van der Waals surface area contributed by atoms with Crippen molar-refractivity contribution in [1.82, 2.24) is 10.3 Å². The predicted molar refractivity (Wildman–Crippen MR) is 124 cm³/mol. The number of H-pyrrole nitrogens is 1. The van der Waals surface area contributed by atoms with Crippen molar-refractivity contribution < 1.29 is 13.9 Å². The topological polar surface area (TPSA) is 84.3 Å². The molecule has 0 radical (unpaired) electrons. The van der Waals surface area contributed by atoms with Crippen LogP contribution in [0.5, 0.6) is 5.75 Å². The Morgan fingerprint density at radius 1 is 1.22 bits per heavy atom. The zero-order chi connectivity index (χ0) is 22.2. The Labute approximate surface area is 185 Å². The lowest BCUT2D eigenvalue weighted by atomic mass is 9.91. The Morgan fingerprint density at radius 3 is 2.91 bits per heavy atom. The van der Waals surface area contributed by atoms with Crippen molar-refractivity contribution in [3.8, 4) is 5.75 Å². The summed E-state index contributed by atoms with van der Waals surface area (Å²) >= 11 is 0. The molecule has 0 spiro atoms. The zero-order valence-corrected chi connectivity index (χ0v) is 18.3. The second-order valence-corrected chi connectivity index (χ2v) is 8.48. The molecule has 1 unspecified atom stereocenters. The van der Waals surface area contributed by atoms with Gasteiger partial charge in [0, 0.05) is 40.5 Å². The van der Waals surface area contributed by atoms with Gasteiger partial charge in [0.2, 0.25) is 5.91 Å². The SMILES string of the molecule is COc1cc2oc(=O)cc(C)c2cc1CCC(=O)NC1CCCc2c1[nH]c1ccccc21. The molecule has 2 heterocycles. The lowest BCUT2D eigenvalue weighted by molar-refractivity contribution is -0.121. The number of fused-ring (bicyclic) bond motifs is 4. The Bertz CT molecular complexity index is 1380. The summed E-state index contributed by atoms with van der Waals surface area (Å²) in [6, 6.07) is 13.5. The number of rotatable bonds is 5. The number of aromatic amines is 1. The first kappa shape index (κ1) is 20.4. The molecule has 0 aliphatic heterocycles. The van der Waals surface area contributed by atoms with E-state index in [9.17, 15) is 9.59 Å². The number of benzene rings is 2. The zero-order valence-electron chi connectivity index (χ0n) is 18.3. The van der Waals surface area contributed by atoms with Crippen LogP contribution in [0.25, 0.3) is 21.9 Å². The number of ether oxygens (including phenoxy) is 1. The molecular formula is C26H26N2O4. The first-order valence-electron chi connectivity index (χ1n) is 11.0. The molecular weight excluding hydrogens is 404 g/mol. The number of carbonyl (C=O) groups is 1. The molecule has 1 aliphatic carbocycles. The second kappa shape index (κ2) is 8.19. The fourth-order valence-electron chi connectivity index (χ4n) is 4.85. The van der Waals surface area contributed by atoms with Gasteiger partial charge in [-0.3, -0.25) is 4.79 Å². The van der Waals surface area contributed by atoms with Crippen LogP contribution in [0.15, 0.2) is 51.7 Å². The molecule has 164 valence electrons. The van der Waals surface area contributed by atoms with Crippen LogP contribution in [-0.2, 0) is 17.6 Å². The molecule has 2 N–H and O–H groups in total. The van der Waals surface area contributed by atoms with Gasteiger partial charge in [-0.2, -0.15) is 0 Å². The fourth-order valence-corrected chi connectivity index (χ4v) is 4.85. The van der Waals surface area contributed by atoms with Crippen LogP contribution in [0.4, 0.5) is 0 Å². The van der Waals surface area contributed by atoms with Gasteiger partial charge in [0.25, 0.3) is 0 Å². The predicted octanol–water partition coefficient (Wildman–Crippen LogP) is 4.72. The molecule has 1 atom stereocenters. The van der Waals surface area contributed by atoms with E-state index in [2.05, 4.69) is 28.5 Å². The maximum atomic E-state index is 12.9. The average Bonchev–Trinajstić information content (AvgIpc) is 3.17. The van der Waals surface area contributed by atoms with Crippen molar-refractivity contribution in [3.63, 3.8) is 0 Å². The summed E-state index contributed by atoms with van der Waals surface area (Å²) in [5, 5.41) is 5.34. The van der Waals surface area contributed by atoms with Crippen molar-refractivity contribution in [2.45, 2.75) is 45.1 Å². The molecule has 6 heteroatoms.